The molecule has 6 heterocycles. The highest BCUT2D eigenvalue weighted by Gasteiger charge is 2.51. The largest absolute Gasteiger partial charge is 0.474 e. The number of ketones is 1. The second kappa shape index (κ2) is 11.9. The number of nitrogens with zero attached hydrogens (tertiary/aromatic N) is 1. The predicted octanol–water partition coefficient (Wildman–Crippen LogP) is -1.06. The third kappa shape index (κ3) is 5.52. The zero-order chi connectivity index (χ0) is 27.2. The van der Waals surface area contributed by atoms with Gasteiger partial charge in [-0.2, -0.15) is 0 Å². The van der Waals surface area contributed by atoms with E-state index in [0.29, 0.717) is 36.5 Å². The van der Waals surface area contributed by atoms with Crippen LogP contribution in [0.4, 0.5) is 0 Å². The number of allylic oxidation sites excluding steroid dienone is 1. The van der Waals surface area contributed by atoms with E-state index in [9.17, 15) is 9.59 Å². The van der Waals surface area contributed by atoms with Crippen LogP contribution in [0, 0.1) is 17.8 Å². The molecule has 13 heteroatoms. The average molecular weight is 595 g/mol. The SMILES string of the molecule is [NH3+][C@@H]1CCCC[C@@H]1NC1CC2CNC(=O)C2C(NC2CC(C3CSC4C(=O)C=C(N5CCOCC5)OC43)SN2)N1. The predicted molar refractivity (Wildman–Crippen MR) is 154 cm³/mol. The van der Waals surface area contributed by atoms with E-state index in [4.69, 9.17) is 9.47 Å². The van der Waals surface area contributed by atoms with Crippen molar-refractivity contribution in [3.8, 4) is 0 Å². The Morgan fingerprint density at radius 1 is 1.07 bits per heavy atom. The van der Waals surface area contributed by atoms with Crippen LogP contribution < -0.4 is 31.7 Å². The van der Waals surface area contributed by atoms with E-state index in [1.54, 1.807) is 29.8 Å². The van der Waals surface area contributed by atoms with Crippen LogP contribution in [0.5, 0.6) is 0 Å². The molecule has 40 heavy (non-hydrogen) atoms. The number of fused-ring (bicyclic) bond motifs is 2. The summed E-state index contributed by atoms with van der Waals surface area (Å²) in [5, 5.41) is 14.7. The summed E-state index contributed by atoms with van der Waals surface area (Å²) in [5.74, 6) is 2.50. The van der Waals surface area contributed by atoms with E-state index in [1.807, 2.05) is 0 Å². The van der Waals surface area contributed by atoms with Crippen molar-refractivity contribution in [2.45, 2.75) is 85.7 Å². The average Bonchev–Trinajstić information content (AvgIpc) is 3.69. The van der Waals surface area contributed by atoms with Crippen LogP contribution in [0.1, 0.15) is 38.5 Å². The number of rotatable bonds is 6. The molecular formula is C27H44N7O4S2+. The highest BCUT2D eigenvalue weighted by Crippen LogP contribution is 2.45. The number of ether oxygens (including phenoxy) is 2. The van der Waals surface area contributed by atoms with E-state index >= 15 is 0 Å². The third-order valence-electron chi connectivity index (χ3n) is 9.95. The fraction of sp³-hybridized carbons (Fsp3) is 0.852. The highest BCUT2D eigenvalue weighted by molar-refractivity contribution is 8.01. The summed E-state index contributed by atoms with van der Waals surface area (Å²) >= 11 is 3.51. The van der Waals surface area contributed by atoms with E-state index in [2.05, 4.69) is 36.6 Å². The second-order valence-electron chi connectivity index (χ2n) is 12.5. The molecule has 0 radical (unpaired) electrons. The number of piperidine rings is 1. The molecule has 0 spiro atoms. The van der Waals surface area contributed by atoms with Gasteiger partial charge in [-0.05, 0) is 31.6 Å². The van der Waals surface area contributed by atoms with Crippen molar-refractivity contribution >= 4 is 35.4 Å². The van der Waals surface area contributed by atoms with Gasteiger partial charge < -0.3 is 25.4 Å². The van der Waals surface area contributed by atoms with Crippen LogP contribution in [-0.4, -0.2) is 102 Å². The lowest BCUT2D eigenvalue weighted by Gasteiger charge is -2.42. The van der Waals surface area contributed by atoms with Crippen LogP contribution in [0.25, 0.3) is 0 Å². The Bertz CT molecular complexity index is 1000. The van der Waals surface area contributed by atoms with Gasteiger partial charge in [-0.3, -0.25) is 25.5 Å². The second-order valence-corrected chi connectivity index (χ2v) is 14.7. The van der Waals surface area contributed by atoms with Crippen LogP contribution in [0.3, 0.4) is 0 Å². The minimum Gasteiger partial charge on any atom is -0.474 e. The molecule has 11 atom stereocenters. The van der Waals surface area contributed by atoms with Crippen molar-refractivity contribution in [1.82, 2.24) is 30.9 Å². The first-order chi connectivity index (χ1) is 19.5. The van der Waals surface area contributed by atoms with Crippen molar-refractivity contribution in [1.29, 1.82) is 0 Å². The standard InChI is InChI=1S/C27H43N7O4S2/c28-16-3-1-2-4-17(16)30-20-9-14-12-29-27(36)23(14)26(31-20)32-21-11-19(40-33-21)15-13-39-25-18(35)10-22(38-24(15)25)34-5-7-37-8-6-34/h10,14-17,19-21,23-26,30-33H,1-9,11-13,28H2,(H,29,36)/p+1/t14?,15?,16-,17+,19?,20?,21?,23?,24?,25?,26?/m1/s1. The van der Waals surface area contributed by atoms with Gasteiger partial charge in [0.05, 0.1) is 49.7 Å². The Hall–Kier alpha value is -1.06. The maximum atomic E-state index is 13.0. The summed E-state index contributed by atoms with van der Waals surface area (Å²) in [6.07, 6.45) is 8.51. The first kappa shape index (κ1) is 27.8. The lowest BCUT2D eigenvalue weighted by molar-refractivity contribution is -0.431. The van der Waals surface area contributed by atoms with Crippen molar-refractivity contribution < 1.29 is 24.8 Å². The molecule has 5 saturated heterocycles. The van der Waals surface area contributed by atoms with Gasteiger partial charge in [0.2, 0.25) is 5.91 Å². The molecule has 1 amide bonds. The molecule has 6 aliphatic heterocycles. The molecule has 9 unspecified atom stereocenters. The molecule has 0 aromatic rings. The highest BCUT2D eigenvalue weighted by atomic mass is 32.2. The quantitative estimate of drug-likeness (QED) is 0.209. The number of thioether (sulfide) groups is 1. The minimum atomic E-state index is -0.117. The van der Waals surface area contributed by atoms with Gasteiger partial charge in [-0.1, -0.05) is 18.4 Å². The molecule has 8 N–H and O–H groups in total. The summed E-state index contributed by atoms with van der Waals surface area (Å²) < 4.78 is 15.7. The first-order valence-corrected chi connectivity index (χ1v) is 17.1. The molecular weight excluding hydrogens is 550 g/mol. The number of quaternary nitrogens is 1. The Morgan fingerprint density at radius 3 is 2.77 bits per heavy atom. The molecule has 6 fully saturated rings. The summed E-state index contributed by atoms with van der Waals surface area (Å²) in [6.45, 7) is 3.60. The van der Waals surface area contributed by atoms with Crippen molar-refractivity contribution in [2.75, 3.05) is 38.6 Å². The Labute approximate surface area is 244 Å². The fourth-order valence-corrected chi connectivity index (χ4v) is 10.6. The van der Waals surface area contributed by atoms with Gasteiger partial charge in [0.25, 0.3) is 0 Å². The smallest absolute Gasteiger partial charge is 0.226 e. The molecule has 1 saturated carbocycles. The number of nitrogens with one attached hydrogen (secondary N) is 5. The zero-order valence-corrected chi connectivity index (χ0v) is 24.7. The molecule has 0 aromatic heterocycles. The fourth-order valence-electron chi connectivity index (χ4n) is 7.74. The first-order valence-electron chi connectivity index (χ1n) is 15.2. The summed E-state index contributed by atoms with van der Waals surface area (Å²) in [4.78, 5) is 28.0. The minimum absolute atomic E-state index is 0.0715. The Kier molecular flexibility index (Phi) is 8.26. The molecule has 222 valence electrons. The Morgan fingerprint density at radius 2 is 1.93 bits per heavy atom. The maximum Gasteiger partial charge on any atom is 0.226 e. The summed E-state index contributed by atoms with van der Waals surface area (Å²) in [7, 11) is 0. The molecule has 11 nitrogen and oxygen atoms in total. The van der Waals surface area contributed by atoms with E-state index in [0.717, 1.165) is 44.1 Å². The van der Waals surface area contributed by atoms with Gasteiger partial charge in [0.1, 0.15) is 11.4 Å². The summed E-state index contributed by atoms with van der Waals surface area (Å²) in [5.41, 5.74) is 4.41. The number of amides is 1. The normalized spacial score (nSPS) is 45.5. The zero-order valence-electron chi connectivity index (χ0n) is 23.0. The maximum absolute atomic E-state index is 13.0. The van der Waals surface area contributed by atoms with Crippen molar-refractivity contribution in [2.24, 2.45) is 17.8 Å². The molecule has 0 bridgehead atoms. The number of morpholine rings is 1. The van der Waals surface area contributed by atoms with Gasteiger partial charge in [-0.25, -0.2) is 4.72 Å². The number of hydrogen-bond acceptors (Lipinski definition) is 11. The van der Waals surface area contributed by atoms with E-state index in [-0.39, 0.29) is 53.4 Å². The number of carbonyl (C=O) groups excluding carboxylic acids is 2. The lowest BCUT2D eigenvalue weighted by Crippen LogP contribution is -2.73. The van der Waals surface area contributed by atoms with Gasteiger partial charge >= 0.3 is 0 Å². The van der Waals surface area contributed by atoms with Crippen LogP contribution in [-0.2, 0) is 19.1 Å². The van der Waals surface area contributed by atoms with Crippen LogP contribution in [0.2, 0.25) is 0 Å². The van der Waals surface area contributed by atoms with Gasteiger partial charge in [0.15, 0.2) is 11.7 Å². The number of hydrogen-bond donors (Lipinski definition) is 6. The molecule has 1 aliphatic carbocycles. The van der Waals surface area contributed by atoms with Gasteiger partial charge in [0, 0.05) is 49.1 Å². The molecule has 0 aromatic carbocycles. The van der Waals surface area contributed by atoms with Crippen LogP contribution in [0.15, 0.2) is 12.0 Å². The number of carbonyl (C=O) groups is 2. The van der Waals surface area contributed by atoms with Crippen LogP contribution >= 0.6 is 23.7 Å². The van der Waals surface area contributed by atoms with Crippen molar-refractivity contribution in [3.05, 3.63) is 12.0 Å². The van der Waals surface area contributed by atoms with E-state index < -0.39 is 0 Å². The third-order valence-corrected chi connectivity index (χ3v) is 12.7. The monoisotopic (exact) mass is 594 g/mol. The summed E-state index contributed by atoms with van der Waals surface area (Å²) in [6, 6.07) is 0.873. The van der Waals surface area contributed by atoms with Gasteiger partial charge in [-0.15, -0.1) is 11.8 Å². The van der Waals surface area contributed by atoms with Crippen molar-refractivity contribution in [3.63, 3.8) is 0 Å². The molecule has 7 rings (SSSR count). The topological polar surface area (TPSA) is 144 Å². The Balaban J connectivity index is 0.985. The lowest BCUT2D eigenvalue weighted by atomic mass is 9.83. The molecule has 7 aliphatic rings. The van der Waals surface area contributed by atoms with E-state index in [1.165, 1.54) is 25.7 Å².